The minimum absolute atomic E-state index is 0. The highest BCUT2D eigenvalue weighted by atomic mass is 35.5. The first kappa shape index (κ1) is 24.6. The van der Waals surface area contributed by atoms with Crippen molar-refractivity contribution in [2.24, 2.45) is 0 Å². The zero-order valence-electron chi connectivity index (χ0n) is 16.8. The normalized spacial score (nSPS) is 10.8. The van der Waals surface area contributed by atoms with Gasteiger partial charge in [0.05, 0.1) is 33.7 Å². The summed E-state index contributed by atoms with van der Waals surface area (Å²) in [7, 11) is 1.57. The Balaban J connectivity index is 0.00000289. The van der Waals surface area contributed by atoms with Crippen LogP contribution in [-0.4, -0.2) is 34.1 Å². The fourth-order valence-electron chi connectivity index (χ4n) is 3.14. The molecule has 4 rings (SSSR count). The molecule has 0 spiro atoms. The number of aryl methyl sites for hydroxylation is 1. The third-order valence-corrected chi connectivity index (χ3v) is 6.75. The molecule has 0 bridgehead atoms. The lowest BCUT2D eigenvalue weighted by Gasteiger charge is -2.20. The second kappa shape index (κ2) is 10.7. The number of nitrogens with zero attached hydrogens (tertiary/aromatic N) is 4. The summed E-state index contributed by atoms with van der Waals surface area (Å²) in [5.41, 5.74) is 0.968. The summed E-state index contributed by atoms with van der Waals surface area (Å²) in [5, 5.41) is 1.82. The van der Waals surface area contributed by atoms with E-state index in [1.165, 1.54) is 11.3 Å². The number of fused-ring (bicyclic) bond motifs is 1. The van der Waals surface area contributed by atoms with E-state index in [0.29, 0.717) is 51.5 Å². The second-order valence-electron chi connectivity index (χ2n) is 6.66. The number of carbonyl (C=O) groups excluding carboxylic acids is 1. The van der Waals surface area contributed by atoms with E-state index in [1.807, 2.05) is 10.8 Å². The molecule has 2 heterocycles. The lowest BCUT2D eigenvalue weighted by Crippen LogP contribution is -2.32. The van der Waals surface area contributed by atoms with Crippen molar-refractivity contribution >= 4 is 79.8 Å². The van der Waals surface area contributed by atoms with Crippen molar-refractivity contribution in [3.8, 4) is 5.75 Å². The van der Waals surface area contributed by atoms with Crippen LogP contribution in [0.2, 0.25) is 15.1 Å². The molecule has 0 saturated carbocycles. The van der Waals surface area contributed by atoms with Crippen LogP contribution in [0.1, 0.15) is 16.8 Å². The third kappa shape index (κ3) is 5.13. The van der Waals surface area contributed by atoms with E-state index in [2.05, 4.69) is 9.97 Å². The van der Waals surface area contributed by atoms with Crippen molar-refractivity contribution < 1.29 is 9.53 Å². The Kier molecular flexibility index (Phi) is 8.25. The van der Waals surface area contributed by atoms with Gasteiger partial charge >= 0.3 is 0 Å². The van der Waals surface area contributed by atoms with Gasteiger partial charge in [0.2, 0.25) is 0 Å². The number of methoxy groups -OCH3 is 1. The molecule has 168 valence electrons. The Hall–Kier alpha value is -2.03. The van der Waals surface area contributed by atoms with E-state index in [0.717, 1.165) is 4.70 Å². The quantitative estimate of drug-likeness (QED) is 0.269. The zero-order chi connectivity index (χ0) is 22.0. The Morgan fingerprint density at radius 2 is 2.00 bits per heavy atom. The predicted octanol–water partition coefficient (Wildman–Crippen LogP) is 6.62. The van der Waals surface area contributed by atoms with E-state index in [1.54, 1.807) is 54.9 Å². The smallest absolute Gasteiger partial charge is 0.261 e. The van der Waals surface area contributed by atoms with E-state index in [4.69, 9.17) is 39.5 Å². The van der Waals surface area contributed by atoms with Gasteiger partial charge in [-0.2, -0.15) is 0 Å². The average molecular weight is 532 g/mol. The highest BCUT2D eigenvalue weighted by molar-refractivity contribution is 7.23. The molecular weight excluding hydrogens is 514 g/mol. The van der Waals surface area contributed by atoms with E-state index < -0.39 is 0 Å². The van der Waals surface area contributed by atoms with Crippen LogP contribution in [0.3, 0.4) is 0 Å². The molecule has 0 aliphatic rings. The molecule has 2 aromatic heterocycles. The van der Waals surface area contributed by atoms with Crippen LogP contribution in [0.25, 0.3) is 10.2 Å². The first-order valence-corrected chi connectivity index (χ1v) is 11.3. The van der Waals surface area contributed by atoms with E-state index in [-0.39, 0.29) is 23.3 Å². The number of hydrogen-bond acceptors (Lipinski definition) is 5. The van der Waals surface area contributed by atoms with Crippen LogP contribution in [0, 0.1) is 0 Å². The van der Waals surface area contributed by atoms with Crippen LogP contribution >= 0.6 is 58.5 Å². The predicted molar refractivity (Wildman–Crippen MR) is 133 cm³/mol. The number of aromatic nitrogens is 3. The lowest BCUT2D eigenvalue weighted by molar-refractivity contribution is 0.0986. The van der Waals surface area contributed by atoms with Crippen LogP contribution in [0.4, 0.5) is 5.13 Å². The van der Waals surface area contributed by atoms with Crippen molar-refractivity contribution in [2.45, 2.75) is 13.0 Å². The molecule has 0 aliphatic heterocycles. The molecule has 1 amide bonds. The van der Waals surface area contributed by atoms with Gasteiger partial charge in [0.1, 0.15) is 11.3 Å². The lowest BCUT2D eigenvalue weighted by atomic mass is 10.2. The first-order valence-electron chi connectivity index (χ1n) is 9.33. The fraction of sp³-hybridized carbons (Fsp3) is 0.190. The molecule has 0 aliphatic carbocycles. The summed E-state index contributed by atoms with van der Waals surface area (Å²) in [5.74, 6) is 0.332. The second-order valence-corrected chi connectivity index (χ2v) is 8.89. The van der Waals surface area contributed by atoms with Crippen LogP contribution in [0.5, 0.6) is 5.75 Å². The monoisotopic (exact) mass is 530 g/mol. The number of halogens is 4. The molecule has 11 heteroatoms. The van der Waals surface area contributed by atoms with Crippen molar-refractivity contribution in [1.82, 2.24) is 14.5 Å². The molecule has 0 N–H and O–H groups in total. The van der Waals surface area contributed by atoms with Crippen molar-refractivity contribution in [3.05, 3.63) is 69.7 Å². The molecule has 0 unspecified atom stereocenters. The van der Waals surface area contributed by atoms with Crippen molar-refractivity contribution in [3.63, 3.8) is 0 Å². The van der Waals surface area contributed by atoms with Gasteiger partial charge in [-0.25, -0.2) is 9.97 Å². The fourth-order valence-corrected chi connectivity index (χ4v) is 4.91. The molecule has 2 aromatic carbocycles. The van der Waals surface area contributed by atoms with E-state index >= 15 is 0 Å². The van der Waals surface area contributed by atoms with Gasteiger partial charge in [0.15, 0.2) is 5.13 Å². The zero-order valence-corrected chi connectivity index (χ0v) is 20.7. The summed E-state index contributed by atoms with van der Waals surface area (Å²) in [6, 6.07) is 8.33. The number of ether oxygens (including phenoxy) is 1. The van der Waals surface area contributed by atoms with Gasteiger partial charge < -0.3 is 9.30 Å². The van der Waals surface area contributed by atoms with Crippen LogP contribution < -0.4 is 9.64 Å². The van der Waals surface area contributed by atoms with Crippen LogP contribution in [-0.2, 0) is 6.54 Å². The highest BCUT2D eigenvalue weighted by Crippen LogP contribution is 2.39. The van der Waals surface area contributed by atoms with Gasteiger partial charge in [0, 0.05) is 30.5 Å². The number of benzene rings is 2. The first-order chi connectivity index (χ1) is 15.0. The molecule has 0 atom stereocenters. The topological polar surface area (TPSA) is 60.2 Å². The van der Waals surface area contributed by atoms with Crippen LogP contribution in [0.15, 0.2) is 49.1 Å². The maximum Gasteiger partial charge on any atom is 0.261 e. The number of thiazole rings is 1. The molecule has 0 radical (unpaired) electrons. The Bertz CT molecular complexity index is 1230. The summed E-state index contributed by atoms with van der Waals surface area (Å²) in [6.07, 6.45) is 6.03. The largest absolute Gasteiger partial charge is 0.494 e. The number of rotatable bonds is 7. The molecule has 0 fully saturated rings. The summed E-state index contributed by atoms with van der Waals surface area (Å²) in [4.78, 5) is 23.8. The molecular formula is C21H18Cl4N4O2S. The van der Waals surface area contributed by atoms with Crippen molar-refractivity contribution in [2.75, 3.05) is 18.6 Å². The summed E-state index contributed by atoms with van der Waals surface area (Å²) >= 11 is 20.0. The van der Waals surface area contributed by atoms with Gasteiger partial charge in [0.25, 0.3) is 5.91 Å². The Morgan fingerprint density at radius 1 is 1.19 bits per heavy atom. The van der Waals surface area contributed by atoms with Gasteiger partial charge in [-0.15, -0.1) is 12.4 Å². The number of carbonyl (C=O) groups is 1. The SMILES string of the molecule is COc1ccc(Cl)c2sc(N(CCCn3ccnc3)C(=O)c3ccc(Cl)cc3Cl)nc12.Cl. The minimum atomic E-state index is -0.263. The standard InChI is InChI=1S/C21H17Cl3N4O2S.ClH/c1-30-17-6-5-15(23)19-18(17)26-21(31-19)28(9-2-8-27-10-7-25-12-27)20(29)14-4-3-13(22)11-16(14)24;/h3-7,10-12H,2,8-9H2,1H3;1H. The van der Waals surface area contributed by atoms with E-state index in [9.17, 15) is 4.79 Å². The molecule has 6 nitrogen and oxygen atoms in total. The van der Waals surface area contributed by atoms with Gasteiger partial charge in [-0.05, 0) is 36.8 Å². The molecule has 32 heavy (non-hydrogen) atoms. The molecule has 0 saturated heterocycles. The van der Waals surface area contributed by atoms with Gasteiger partial charge in [-0.1, -0.05) is 46.1 Å². The van der Waals surface area contributed by atoms with Gasteiger partial charge in [-0.3, -0.25) is 9.69 Å². The van der Waals surface area contributed by atoms with Crippen molar-refractivity contribution in [1.29, 1.82) is 0 Å². The average Bonchev–Trinajstić information content (AvgIpc) is 3.42. The third-order valence-electron chi connectivity index (χ3n) is 4.66. The highest BCUT2D eigenvalue weighted by Gasteiger charge is 2.24. The minimum Gasteiger partial charge on any atom is -0.494 e. The number of imidazole rings is 1. The number of amides is 1. The Labute approximate surface area is 210 Å². The maximum absolute atomic E-state index is 13.5. The summed E-state index contributed by atoms with van der Waals surface area (Å²) < 4.78 is 8.13. The number of hydrogen-bond donors (Lipinski definition) is 0. The number of anilines is 1. The Morgan fingerprint density at radius 3 is 2.69 bits per heavy atom. The maximum atomic E-state index is 13.5. The molecule has 4 aromatic rings. The summed E-state index contributed by atoms with van der Waals surface area (Å²) in [6.45, 7) is 1.13.